The monoisotopic (exact) mass is 498 g/mol. The lowest BCUT2D eigenvalue weighted by Crippen LogP contribution is -2.44. The van der Waals surface area contributed by atoms with E-state index in [2.05, 4.69) is 9.88 Å². The molecular weight excluding hydrogens is 469 g/mol. The molecule has 36 heavy (non-hydrogen) atoms. The molecule has 0 atom stereocenters. The number of carboxylic acids is 1. The highest BCUT2D eigenvalue weighted by atomic mass is 19.1. The number of methoxy groups -OCH3 is 1. The SMILES string of the molecule is COc1ccc2ncc(F)c(CCCC3(C(=O)O)CCN(C/C=C/c4cc(F)cc(F)c4)CC3)c2c1. The summed E-state index contributed by atoms with van der Waals surface area (Å²) in [6, 6.07) is 8.67. The van der Waals surface area contributed by atoms with Gasteiger partial charge in [-0.15, -0.1) is 0 Å². The van der Waals surface area contributed by atoms with Crippen LogP contribution in [0.1, 0.15) is 36.8 Å². The summed E-state index contributed by atoms with van der Waals surface area (Å²) >= 11 is 0. The topological polar surface area (TPSA) is 62.7 Å². The van der Waals surface area contributed by atoms with Gasteiger partial charge in [0.25, 0.3) is 0 Å². The minimum atomic E-state index is -0.858. The highest BCUT2D eigenvalue weighted by Crippen LogP contribution is 2.37. The van der Waals surface area contributed by atoms with E-state index in [0.29, 0.717) is 79.5 Å². The van der Waals surface area contributed by atoms with Gasteiger partial charge >= 0.3 is 5.97 Å². The molecule has 0 radical (unpaired) electrons. The Balaban J connectivity index is 1.36. The van der Waals surface area contributed by atoms with Gasteiger partial charge in [0.1, 0.15) is 23.2 Å². The number of likely N-dealkylation sites (tertiary alicyclic amines) is 1. The molecule has 1 fully saturated rings. The highest BCUT2D eigenvalue weighted by molar-refractivity contribution is 5.83. The van der Waals surface area contributed by atoms with Crippen molar-refractivity contribution in [2.45, 2.75) is 32.1 Å². The number of benzene rings is 2. The van der Waals surface area contributed by atoms with E-state index >= 15 is 0 Å². The van der Waals surface area contributed by atoms with Gasteiger partial charge in [-0.2, -0.15) is 0 Å². The van der Waals surface area contributed by atoms with Gasteiger partial charge in [0, 0.05) is 18.0 Å². The number of piperidine rings is 1. The maximum Gasteiger partial charge on any atom is 0.309 e. The number of carboxylic acid groups (broad SMARTS) is 1. The standard InChI is InChI=1S/C28H29F3N2O3/c1-36-22-6-7-26-24(17-22)23(25(31)18-32-26)5-2-8-28(27(34)35)9-12-33(13-10-28)11-3-4-19-14-20(29)16-21(30)15-19/h3-4,6-7,14-18H,2,5,8-13H2,1H3,(H,34,35)/b4-3+. The summed E-state index contributed by atoms with van der Waals surface area (Å²) in [6.07, 6.45) is 7.05. The Morgan fingerprint density at radius 1 is 1.14 bits per heavy atom. The largest absolute Gasteiger partial charge is 0.497 e. The van der Waals surface area contributed by atoms with E-state index in [1.54, 1.807) is 31.4 Å². The fourth-order valence-corrected chi connectivity index (χ4v) is 4.93. The third-order valence-electron chi connectivity index (χ3n) is 7.04. The predicted octanol–water partition coefficient (Wildman–Crippen LogP) is 5.86. The number of aliphatic carboxylic acids is 1. The average molecular weight is 499 g/mol. The Kier molecular flexibility index (Phi) is 7.94. The Bertz CT molecular complexity index is 1250. The first kappa shape index (κ1) is 25.7. The Labute approximate surface area is 208 Å². The van der Waals surface area contributed by atoms with Gasteiger partial charge in [0.05, 0.1) is 24.2 Å². The van der Waals surface area contributed by atoms with Gasteiger partial charge < -0.3 is 9.84 Å². The van der Waals surface area contributed by atoms with Crippen molar-refractivity contribution >= 4 is 22.9 Å². The molecule has 0 saturated carbocycles. The van der Waals surface area contributed by atoms with E-state index in [0.717, 1.165) is 6.07 Å². The fraction of sp³-hybridized carbons (Fsp3) is 0.357. The van der Waals surface area contributed by atoms with Crippen LogP contribution in [0.2, 0.25) is 0 Å². The molecule has 0 spiro atoms. The number of nitrogens with zero attached hydrogens (tertiary/aromatic N) is 2. The second-order valence-corrected chi connectivity index (χ2v) is 9.31. The number of aryl methyl sites for hydroxylation is 1. The van der Waals surface area contributed by atoms with Crippen LogP contribution < -0.4 is 4.74 Å². The zero-order valence-corrected chi connectivity index (χ0v) is 20.1. The number of hydrogen-bond acceptors (Lipinski definition) is 4. The van der Waals surface area contributed by atoms with E-state index in [4.69, 9.17) is 4.74 Å². The highest BCUT2D eigenvalue weighted by Gasteiger charge is 2.40. The number of fused-ring (bicyclic) bond motifs is 1. The molecule has 0 unspecified atom stereocenters. The molecule has 5 nitrogen and oxygen atoms in total. The van der Waals surface area contributed by atoms with Gasteiger partial charge in [-0.05, 0) is 86.7 Å². The van der Waals surface area contributed by atoms with Crippen LogP contribution >= 0.6 is 0 Å². The molecule has 1 saturated heterocycles. The summed E-state index contributed by atoms with van der Waals surface area (Å²) in [7, 11) is 1.55. The van der Waals surface area contributed by atoms with Crippen molar-refractivity contribution in [3.63, 3.8) is 0 Å². The molecule has 1 N–H and O–H groups in total. The first-order chi connectivity index (χ1) is 17.3. The molecule has 1 aliphatic heterocycles. The quantitative estimate of drug-likeness (QED) is 0.400. The second-order valence-electron chi connectivity index (χ2n) is 9.31. The van der Waals surface area contributed by atoms with Crippen molar-refractivity contribution in [1.82, 2.24) is 9.88 Å². The van der Waals surface area contributed by atoms with Crippen LogP contribution in [0, 0.1) is 22.9 Å². The molecule has 4 rings (SSSR count). The number of pyridine rings is 1. The molecular formula is C28H29F3N2O3. The Hall–Kier alpha value is -3.39. The minimum Gasteiger partial charge on any atom is -0.497 e. The lowest BCUT2D eigenvalue weighted by atomic mass is 9.74. The molecule has 1 aliphatic rings. The van der Waals surface area contributed by atoms with Crippen LogP contribution in [-0.2, 0) is 11.2 Å². The summed E-state index contributed by atoms with van der Waals surface area (Å²) in [5.41, 5.74) is 0.777. The summed E-state index contributed by atoms with van der Waals surface area (Å²) in [4.78, 5) is 18.5. The lowest BCUT2D eigenvalue weighted by molar-refractivity contribution is -0.152. The van der Waals surface area contributed by atoms with E-state index < -0.39 is 28.8 Å². The minimum absolute atomic E-state index is 0.403. The maximum atomic E-state index is 14.6. The molecule has 2 heterocycles. The molecule has 0 amide bonds. The summed E-state index contributed by atoms with van der Waals surface area (Å²) < 4.78 is 46.6. The number of ether oxygens (including phenoxy) is 1. The predicted molar refractivity (Wildman–Crippen MR) is 132 cm³/mol. The number of rotatable bonds is 9. The van der Waals surface area contributed by atoms with E-state index in [1.165, 1.54) is 18.3 Å². The van der Waals surface area contributed by atoms with E-state index in [9.17, 15) is 23.1 Å². The van der Waals surface area contributed by atoms with Gasteiger partial charge in [-0.25, -0.2) is 13.2 Å². The fourth-order valence-electron chi connectivity index (χ4n) is 4.93. The van der Waals surface area contributed by atoms with Crippen molar-refractivity contribution in [3.05, 3.63) is 77.2 Å². The first-order valence-electron chi connectivity index (χ1n) is 12.0. The summed E-state index contributed by atoms with van der Waals surface area (Å²) in [5, 5.41) is 10.7. The Morgan fingerprint density at radius 2 is 1.86 bits per heavy atom. The smallest absolute Gasteiger partial charge is 0.309 e. The summed E-state index contributed by atoms with van der Waals surface area (Å²) in [5.74, 6) is -1.87. The van der Waals surface area contributed by atoms with Crippen LogP contribution in [0.25, 0.3) is 17.0 Å². The number of aromatic nitrogens is 1. The van der Waals surface area contributed by atoms with Crippen molar-refractivity contribution in [1.29, 1.82) is 0 Å². The molecule has 190 valence electrons. The van der Waals surface area contributed by atoms with Crippen LogP contribution in [0.4, 0.5) is 13.2 Å². The number of hydrogen-bond donors (Lipinski definition) is 1. The number of carbonyl (C=O) groups is 1. The third kappa shape index (κ3) is 5.87. The third-order valence-corrected chi connectivity index (χ3v) is 7.04. The zero-order chi connectivity index (χ0) is 25.7. The van der Waals surface area contributed by atoms with E-state index in [-0.39, 0.29) is 0 Å². The molecule has 1 aromatic heterocycles. The Morgan fingerprint density at radius 3 is 2.53 bits per heavy atom. The van der Waals surface area contributed by atoms with Gasteiger partial charge in [0.2, 0.25) is 0 Å². The van der Waals surface area contributed by atoms with Crippen molar-refractivity contribution in [3.8, 4) is 5.75 Å². The molecule has 0 bridgehead atoms. The van der Waals surface area contributed by atoms with Crippen LogP contribution in [-0.4, -0.2) is 47.7 Å². The summed E-state index contributed by atoms with van der Waals surface area (Å²) in [6.45, 7) is 1.75. The van der Waals surface area contributed by atoms with Crippen molar-refractivity contribution < 1.29 is 27.8 Å². The number of halogens is 3. The van der Waals surface area contributed by atoms with Crippen LogP contribution in [0.3, 0.4) is 0 Å². The van der Waals surface area contributed by atoms with Gasteiger partial charge in [-0.3, -0.25) is 14.7 Å². The van der Waals surface area contributed by atoms with Crippen LogP contribution in [0.5, 0.6) is 5.75 Å². The maximum absolute atomic E-state index is 14.6. The normalized spacial score (nSPS) is 16.0. The lowest BCUT2D eigenvalue weighted by Gasteiger charge is -2.38. The van der Waals surface area contributed by atoms with Crippen molar-refractivity contribution in [2.24, 2.45) is 5.41 Å². The van der Waals surface area contributed by atoms with Crippen LogP contribution in [0.15, 0.2) is 48.7 Å². The average Bonchev–Trinajstić information content (AvgIpc) is 2.85. The van der Waals surface area contributed by atoms with Gasteiger partial charge in [-0.1, -0.05) is 12.2 Å². The van der Waals surface area contributed by atoms with E-state index in [1.807, 2.05) is 6.08 Å². The zero-order valence-electron chi connectivity index (χ0n) is 20.1. The van der Waals surface area contributed by atoms with Crippen molar-refractivity contribution in [2.75, 3.05) is 26.7 Å². The molecule has 2 aromatic carbocycles. The first-order valence-corrected chi connectivity index (χ1v) is 12.0. The molecule has 8 heteroatoms. The molecule has 0 aliphatic carbocycles. The van der Waals surface area contributed by atoms with Gasteiger partial charge in [0.15, 0.2) is 0 Å². The second kappa shape index (κ2) is 11.1. The molecule has 3 aromatic rings.